The van der Waals surface area contributed by atoms with Gasteiger partial charge in [-0.15, -0.1) is 0 Å². The van der Waals surface area contributed by atoms with Gasteiger partial charge >= 0.3 is 0 Å². The Morgan fingerprint density at radius 2 is 2.42 bits per heavy atom. The summed E-state index contributed by atoms with van der Waals surface area (Å²) in [4.78, 5) is 4.67. The maximum Gasteiger partial charge on any atom is 0.106 e. The van der Waals surface area contributed by atoms with Crippen molar-refractivity contribution in [2.45, 2.75) is 26.7 Å². The standard InChI is InChI=1S/C10H17NO/c1-8-4-5-10(7-11-12-3)9(2)6-8/h6-7,9-10H,4-5H2,1-3H3. The second kappa shape index (κ2) is 4.29. The van der Waals surface area contributed by atoms with Gasteiger partial charge in [-0.3, -0.25) is 0 Å². The monoisotopic (exact) mass is 167 g/mol. The first-order chi connectivity index (χ1) is 5.74. The number of oxime groups is 1. The summed E-state index contributed by atoms with van der Waals surface area (Å²) >= 11 is 0. The van der Waals surface area contributed by atoms with Gasteiger partial charge in [0.25, 0.3) is 0 Å². The van der Waals surface area contributed by atoms with Crippen molar-refractivity contribution in [3.63, 3.8) is 0 Å². The minimum atomic E-state index is 0.564. The molecule has 0 aromatic carbocycles. The van der Waals surface area contributed by atoms with Crippen molar-refractivity contribution >= 4 is 6.21 Å². The zero-order valence-electron chi connectivity index (χ0n) is 8.08. The maximum atomic E-state index is 4.67. The van der Waals surface area contributed by atoms with Gasteiger partial charge in [0.1, 0.15) is 7.11 Å². The number of hydrogen-bond acceptors (Lipinski definition) is 2. The molecule has 0 amide bonds. The predicted octanol–water partition coefficient (Wildman–Crippen LogP) is 2.61. The summed E-state index contributed by atoms with van der Waals surface area (Å²) in [5.74, 6) is 1.17. The fraction of sp³-hybridized carbons (Fsp3) is 0.700. The Labute approximate surface area is 74.3 Å². The minimum absolute atomic E-state index is 0.564. The number of nitrogens with zero attached hydrogens (tertiary/aromatic N) is 1. The summed E-state index contributed by atoms with van der Waals surface area (Å²) in [6.07, 6.45) is 6.66. The highest BCUT2D eigenvalue weighted by atomic mass is 16.6. The SMILES string of the molecule is CON=CC1CCC(C)=CC1C. The Morgan fingerprint density at radius 3 is 3.00 bits per heavy atom. The normalized spacial score (nSPS) is 30.4. The first kappa shape index (κ1) is 9.30. The van der Waals surface area contributed by atoms with Gasteiger partial charge < -0.3 is 4.84 Å². The van der Waals surface area contributed by atoms with Crippen LogP contribution in [0, 0.1) is 11.8 Å². The lowest BCUT2D eigenvalue weighted by molar-refractivity contribution is 0.212. The van der Waals surface area contributed by atoms with E-state index in [4.69, 9.17) is 0 Å². The van der Waals surface area contributed by atoms with Crippen LogP contribution in [0.15, 0.2) is 16.8 Å². The molecule has 0 aromatic rings. The summed E-state index contributed by atoms with van der Waals surface area (Å²) in [5, 5.41) is 3.82. The zero-order chi connectivity index (χ0) is 8.97. The smallest absolute Gasteiger partial charge is 0.106 e. The highest BCUT2D eigenvalue weighted by Gasteiger charge is 2.17. The van der Waals surface area contributed by atoms with Crippen LogP contribution in [0.5, 0.6) is 0 Å². The van der Waals surface area contributed by atoms with Gasteiger partial charge in [0.05, 0.1) is 0 Å². The van der Waals surface area contributed by atoms with Gasteiger partial charge in [-0.05, 0) is 25.7 Å². The highest BCUT2D eigenvalue weighted by molar-refractivity contribution is 5.61. The summed E-state index contributed by atoms with van der Waals surface area (Å²) < 4.78 is 0. The second-order valence-electron chi connectivity index (χ2n) is 3.51. The summed E-state index contributed by atoms with van der Waals surface area (Å²) in [6.45, 7) is 4.43. The predicted molar refractivity (Wildman–Crippen MR) is 51.1 cm³/mol. The van der Waals surface area contributed by atoms with Gasteiger partial charge in [0, 0.05) is 12.1 Å². The molecule has 1 aliphatic carbocycles. The number of hydrogen-bond donors (Lipinski definition) is 0. The molecule has 68 valence electrons. The molecular weight excluding hydrogens is 150 g/mol. The maximum absolute atomic E-state index is 4.67. The Bertz CT molecular complexity index is 196. The van der Waals surface area contributed by atoms with Crippen LogP contribution < -0.4 is 0 Å². The summed E-state index contributed by atoms with van der Waals surface area (Å²) in [7, 11) is 1.59. The van der Waals surface area contributed by atoms with Crippen LogP contribution in [-0.2, 0) is 4.84 Å². The van der Waals surface area contributed by atoms with Crippen molar-refractivity contribution in [1.29, 1.82) is 0 Å². The van der Waals surface area contributed by atoms with Crippen LogP contribution in [-0.4, -0.2) is 13.3 Å². The third kappa shape index (κ3) is 2.36. The van der Waals surface area contributed by atoms with Crippen molar-refractivity contribution in [3.05, 3.63) is 11.6 Å². The molecule has 1 aliphatic rings. The van der Waals surface area contributed by atoms with Crippen LogP contribution >= 0.6 is 0 Å². The van der Waals surface area contributed by atoms with E-state index in [1.54, 1.807) is 7.11 Å². The first-order valence-electron chi connectivity index (χ1n) is 4.48. The number of allylic oxidation sites excluding steroid dienone is 2. The van der Waals surface area contributed by atoms with Gasteiger partial charge in [0.2, 0.25) is 0 Å². The van der Waals surface area contributed by atoms with Crippen molar-refractivity contribution in [2.24, 2.45) is 17.0 Å². The fourth-order valence-electron chi connectivity index (χ4n) is 1.66. The average molecular weight is 167 g/mol. The van der Waals surface area contributed by atoms with Crippen LogP contribution in [0.4, 0.5) is 0 Å². The Morgan fingerprint density at radius 1 is 1.67 bits per heavy atom. The van der Waals surface area contributed by atoms with Gasteiger partial charge in [-0.1, -0.05) is 23.7 Å². The molecule has 0 spiro atoms. The fourth-order valence-corrected chi connectivity index (χ4v) is 1.66. The minimum Gasteiger partial charge on any atom is -0.399 e. The molecule has 2 atom stereocenters. The molecule has 0 heterocycles. The first-order valence-corrected chi connectivity index (χ1v) is 4.48. The van der Waals surface area contributed by atoms with Crippen molar-refractivity contribution in [2.75, 3.05) is 7.11 Å². The van der Waals surface area contributed by atoms with Crippen molar-refractivity contribution < 1.29 is 4.84 Å². The molecule has 0 aliphatic heterocycles. The van der Waals surface area contributed by atoms with Crippen LogP contribution in [0.25, 0.3) is 0 Å². The van der Waals surface area contributed by atoms with E-state index >= 15 is 0 Å². The van der Waals surface area contributed by atoms with Crippen LogP contribution in [0.2, 0.25) is 0 Å². The molecule has 0 fully saturated rings. The highest BCUT2D eigenvalue weighted by Crippen LogP contribution is 2.26. The quantitative estimate of drug-likeness (QED) is 0.352. The van der Waals surface area contributed by atoms with E-state index in [1.807, 2.05) is 6.21 Å². The molecule has 0 saturated heterocycles. The van der Waals surface area contributed by atoms with Gasteiger partial charge in [0.15, 0.2) is 0 Å². The molecule has 2 unspecified atom stereocenters. The Balaban J connectivity index is 2.53. The molecule has 0 N–H and O–H groups in total. The Kier molecular flexibility index (Phi) is 3.32. The molecule has 0 aromatic heterocycles. The third-order valence-electron chi connectivity index (χ3n) is 2.45. The van der Waals surface area contributed by atoms with Crippen LogP contribution in [0.3, 0.4) is 0 Å². The van der Waals surface area contributed by atoms with E-state index in [9.17, 15) is 0 Å². The molecule has 0 bridgehead atoms. The summed E-state index contributed by atoms with van der Waals surface area (Å²) in [5.41, 5.74) is 1.50. The topological polar surface area (TPSA) is 21.6 Å². The molecule has 1 rings (SSSR count). The van der Waals surface area contributed by atoms with Gasteiger partial charge in [-0.25, -0.2) is 0 Å². The largest absolute Gasteiger partial charge is 0.399 e. The molecule has 2 heteroatoms. The van der Waals surface area contributed by atoms with E-state index in [0.717, 1.165) is 0 Å². The molecule has 2 nitrogen and oxygen atoms in total. The molecule has 0 saturated carbocycles. The molecule has 0 radical (unpaired) electrons. The Hall–Kier alpha value is -0.790. The average Bonchev–Trinajstić information content (AvgIpc) is 2.03. The van der Waals surface area contributed by atoms with E-state index in [-0.39, 0.29) is 0 Å². The zero-order valence-corrected chi connectivity index (χ0v) is 8.08. The third-order valence-corrected chi connectivity index (χ3v) is 2.45. The van der Waals surface area contributed by atoms with E-state index in [0.29, 0.717) is 11.8 Å². The van der Waals surface area contributed by atoms with Crippen molar-refractivity contribution in [1.82, 2.24) is 0 Å². The van der Waals surface area contributed by atoms with E-state index < -0.39 is 0 Å². The summed E-state index contributed by atoms with van der Waals surface area (Å²) in [6, 6.07) is 0. The lowest BCUT2D eigenvalue weighted by atomic mass is 9.83. The van der Waals surface area contributed by atoms with E-state index in [1.165, 1.54) is 18.4 Å². The number of rotatable bonds is 2. The lowest BCUT2D eigenvalue weighted by Crippen LogP contribution is -2.15. The van der Waals surface area contributed by atoms with Crippen molar-refractivity contribution in [3.8, 4) is 0 Å². The van der Waals surface area contributed by atoms with Gasteiger partial charge in [-0.2, -0.15) is 0 Å². The molecule has 12 heavy (non-hydrogen) atoms. The van der Waals surface area contributed by atoms with E-state index in [2.05, 4.69) is 29.9 Å². The second-order valence-corrected chi connectivity index (χ2v) is 3.51. The van der Waals surface area contributed by atoms with Crippen LogP contribution in [0.1, 0.15) is 26.7 Å². The molecular formula is C10H17NO. The lowest BCUT2D eigenvalue weighted by Gasteiger charge is -2.22.